The summed E-state index contributed by atoms with van der Waals surface area (Å²) in [7, 11) is 0. The standard InChI is InChI=1S/C8H10O4/c9-5-1-3-11-7(5)8-6(10)2-4-12-8/h7-8H,1-4H2/t7-,8-/m1/s1. The van der Waals surface area contributed by atoms with Crippen LogP contribution in [0.1, 0.15) is 12.8 Å². The van der Waals surface area contributed by atoms with Crippen molar-refractivity contribution in [1.29, 1.82) is 0 Å². The Hall–Kier alpha value is -0.740. The van der Waals surface area contributed by atoms with Crippen molar-refractivity contribution >= 4 is 11.6 Å². The third kappa shape index (κ3) is 1.17. The average molecular weight is 170 g/mol. The summed E-state index contributed by atoms with van der Waals surface area (Å²) in [5.41, 5.74) is 0. The van der Waals surface area contributed by atoms with Crippen molar-refractivity contribution in [3.05, 3.63) is 0 Å². The molecule has 2 fully saturated rings. The first kappa shape index (κ1) is 7.89. The Morgan fingerprint density at radius 1 is 0.917 bits per heavy atom. The summed E-state index contributed by atoms with van der Waals surface area (Å²) in [4.78, 5) is 22.3. The second-order valence-corrected chi connectivity index (χ2v) is 3.02. The smallest absolute Gasteiger partial charge is 0.167 e. The number of Topliss-reactive ketones (excluding diaryl/α,β-unsaturated/α-hetero) is 2. The average Bonchev–Trinajstić information content (AvgIpc) is 2.59. The molecule has 0 saturated carbocycles. The van der Waals surface area contributed by atoms with Crippen LogP contribution in [-0.4, -0.2) is 37.0 Å². The number of rotatable bonds is 1. The molecule has 2 rings (SSSR count). The van der Waals surface area contributed by atoms with Gasteiger partial charge in [-0.15, -0.1) is 0 Å². The number of hydrogen-bond acceptors (Lipinski definition) is 4. The summed E-state index contributed by atoms with van der Waals surface area (Å²) in [5, 5.41) is 0. The van der Waals surface area contributed by atoms with Crippen molar-refractivity contribution in [2.24, 2.45) is 0 Å². The van der Waals surface area contributed by atoms with Crippen LogP contribution in [0, 0.1) is 0 Å². The quantitative estimate of drug-likeness (QED) is 0.542. The minimum absolute atomic E-state index is 0.00440. The molecule has 0 bridgehead atoms. The topological polar surface area (TPSA) is 52.6 Å². The van der Waals surface area contributed by atoms with E-state index in [0.717, 1.165) is 0 Å². The number of carbonyl (C=O) groups excluding carboxylic acids is 2. The molecule has 0 N–H and O–H groups in total. The fraction of sp³-hybridized carbons (Fsp3) is 0.750. The van der Waals surface area contributed by atoms with Gasteiger partial charge in [-0.05, 0) is 0 Å². The van der Waals surface area contributed by atoms with Gasteiger partial charge in [-0.1, -0.05) is 0 Å². The van der Waals surface area contributed by atoms with Gasteiger partial charge in [0.25, 0.3) is 0 Å². The van der Waals surface area contributed by atoms with Crippen LogP contribution in [0.3, 0.4) is 0 Å². The Morgan fingerprint density at radius 3 is 1.58 bits per heavy atom. The Bertz CT molecular complexity index is 199. The number of ketones is 2. The van der Waals surface area contributed by atoms with E-state index in [1.54, 1.807) is 0 Å². The zero-order valence-corrected chi connectivity index (χ0v) is 6.62. The Balaban J connectivity index is 2.08. The maximum absolute atomic E-state index is 11.1. The van der Waals surface area contributed by atoms with Crippen molar-refractivity contribution in [3.63, 3.8) is 0 Å². The van der Waals surface area contributed by atoms with Crippen LogP contribution in [-0.2, 0) is 19.1 Å². The van der Waals surface area contributed by atoms with E-state index in [-0.39, 0.29) is 11.6 Å². The van der Waals surface area contributed by atoms with E-state index in [9.17, 15) is 9.59 Å². The predicted molar refractivity (Wildman–Crippen MR) is 38.7 cm³/mol. The number of ether oxygens (including phenoxy) is 2. The number of hydrogen-bond donors (Lipinski definition) is 0. The minimum atomic E-state index is -0.611. The molecule has 0 unspecified atom stereocenters. The van der Waals surface area contributed by atoms with Gasteiger partial charge in [0.1, 0.15) is 12.2 Å². The third-order valence-electron chi connectivity index (χ3n) is 2.20. The molecule has 2 aliphatic rings. The van der Waals surface area contributed by atoms with Crippen LogP contribution in [0.25, 0.3) is 0 Å². The lowest BCUT2D eigenvalue weighted by Crippen LogP contribution is -2.35. The lowest BCUT2D eigenvalue weighted by molar-refractivity contribution is -0.137. The summed E-state index contributed by atoms with van der Waals surface area (Å²) in [6, 6.07) is 0. The lowest BCUT2D eigenvalue weighted by atomic mass is 10.1. The Kier molecular flexibility index (Phi) is 1.94. The first-order chi connectivity index (χ1) is 5.79. The van der Waals surface area contributed by atoms with Crippen LogP contribution in [0.2, 0.25) is 0 Å². The van der Waals surface area contributed by atoms with Crippen LogP contribution in [0.4, 0.5) is 0 Å². The molecule has 66 valence electrons. The van der Waals surface area contributed by atoms with E-state index >= 15 is 0 Å². The molecule has 0 aromatic heterocycles. The predicted octanol–water partition coefficient (Wildman–Crippen LogP) is -0.298. The largest absolute Gasteiger partial charge is 0.367 e. The maximum atomic E-state index is 11.1. The SMILES string of the molecule is O=C1CCO[C@H]1[C@@H]1OCCC1=O. The zero-order valence-electron chi connectivity index (χ0n) is 6.62. The molecular formula is C8H10O4. The summed E-state index contributed by atoms with van der Waals surface area (Å²) < 4.78 is 10.2. The van der Waals surface area contributed by atoms with E-state index < -0.39 is 12.2 Å². The second kappa shape index (κ2) is 2.95. The zero-order chi connectivity index (χ0) is 8.55. The van der Waals surface area contributed by atoms with Gasteiger partial charge in [0.15, 0.2) is 11.6 Å². The molecule has 4 heteroatoms. The van der Waals surface area contributed by atoms with E-state index in [1.807, 2.05) is 0 Å². The summed E-state index contributed by atoms with van der Waals surface area (Å²) in [5.74, 6) is -0.00880. The van der Waals surface area contributed by atoms with Gasteiger partial charge < -0.3 is 9.47 Å². The molecule has 2 atom stereocenters. The fourth-order valence-electron chi connectivity index (χ4n) is 1.56. The third-order valence-corrected chi connectivity index (χ3v) is 2.20. The van der Waals surface area contributed by atoms with Crippen LogP contribution in [0.15, 0.2) is 0 Å². The molecular weight excluding hydrogens is 160 g/mol. The van der Waals surface area contributed by atoms with E-state index in [2.05, 4.69) is 0 Å². The Morgan fingerprint density at radius 2 is 1.33 bits per heavy atom. The molecule has 0 aromatic rings. The van der Waals surface area contributed by atoms with Crippen LogP contribution >= 0.6 is 0 Å². The summed E-state index contributed by atoms with van der Waals surface area (Å²) >= 11 is 0. The van der Waals surface area contributed by atoms with Gasteiger partial charge in [0.05, 0.1) is 13.2 Å². The molecule has 2 heterocycles. The monoisotopic (exact) mass is 170 g/mol. The molecule has 0 aromatic carbocycles. The highest BCUT2D eigenvalue weighted by atomic mass is 16.6. The van der Waals surface area contributed by atoms with E-state index in [0.29, 0.717) is 26.1 Å². The molecule has 2 aliphatic heterocycles. The Labute approximate surface area is 69.8 Å². The normalized spacial score (nSPS) is 36.3. The highest BCUT2D eigenvalue weighted by Gasteiger charge is 2.40. The lowest BCUT2D eigenvalue weighted by Gasteiger charge is -2.13. The maximum Gasteiger partial charge on any atom is 0.167 e. The van der Waals surface area contributed by atoms with Gasteiger partial charge in [-0.25, -0.2) is 0 Å². The highest BCUT2D eigenvalue weighted by molar-refractivity contribution is 5.94. The van der Waals surface area contributed by atoms with Crippen molar-refractivity contribution < 1.29 is 19.1 Å². The van der Waals surface area contributed by atoms with Crippen molar-refractivity contribution in [2.45, 2.75) is 25.0 Å². The molecule has 0 aliphatic carbocycles. The summed E-state index contributed by atoms with van der Waals surface area (Å²) in [6.45, 7) is 0.854. The molecule has 12 heavy (non-hydrogen) atoms. The summed E-state index contributed by atoms with van der Waals surface area (Å²) in [6.07, 6.45) is -0.393. The molecule has 0 radical (unpaired) electrons. The first-order valence-corrected chi connectivity index (χ1v) is 4.07. The van der Waals surface area contributed by atoms with Crippen LogP contribution in [0.5, 0.6) is 0 Å². The van der Waals surface area contributed by atoms with Crippen molar-refractivity contribution in [3.8, 4) is 0 Å². The van der Waals surface area contributed by atoms with Crippen molar-refractivity contribution in [2.75, 3.05) is 13.2 Å². The van der Waals surface area contributed by atoms with E-state index in [4.69, 9.17) is 9.47 Å². The van der Waals surface area contributed by atoms with Gasteiger partial charge in [0.2, 0.25) is 0 Å². The van der Waals surface area contributed by atoms with Crippen LogP contribution < -0.4 is 0 Å². The van der Waals surface area contributed by atoms with Gasteiger partial charge in [-0.2, -0.15) is 0 Å². The highest BCUT2D eigenvalue weighted by Crippen LogP contribution is 2.20. The van der Waals surface area contributed by atoms with Gasteiger partial charge >= 0.3 is 0 Å². The molecule has 0 spiro atoms. The molecule has 0 amide bonds. The van der Waals surface area contributed by atoms with Crippen molar-refractivity contribution in [1.82, 2.24) is 0 Å². The first-order valence-electron chi connectivity index (χ1n) is 4.07. The fourth-order valence-corrected chi connectivity index (χ4v) is 1.56. The second-order valence-electron chi connectivity index (χ2n) is 3.02. The molecule has 2 saturated heterocycles. The van der Waals surface area contributed by atoms with Gasteiger partial charge in [-0.3, -0.25) is 9.59 Å². The number of carbonyl (C=O) groups is 2. The van der Waals surface area contributed by atoms with Gasteiger partial charge in [0, 0.05) is 12.8 Å². The molecule has 4 nitrogen and oxygen atoms in total. The van der Waals surface area contributed by atoms with E-state index in [1.165, 1.54) is 0 Å². The minimum Gasteiger partial charge on any atom is -0.367 e.